The molecular weight excluding hydrogens is 398 g/mol. The van der Waals surface area contributed by atoms with Crippen LogP contribution in [0.1, 0.15) is 19.2 Å². The first-order valence-electron chi connectivity index (χ1n) is 9.14. The summed E-state index contributed by atoms with van der Waals surface area (Å²) in [6.07, 6.45) is -2.43. The Morgan fingerprint density at radius 1 is 1.31 bits per heavy atom. The minimum atomic E-state index is -4.57. The van der Waals surface area contributed by atoms with Crippen molar-refractivity contribution in [1.29, 1.82) is 0 Å². The van der Waals surface area contributed by atoms with Crippen molar-refractivity contribution in [2.75, 3.05) is 29.6 Å². The molecule has 2 aromatic heterocycles. The van der Waals surface area contributed by atoms with Crippen molar-refractivity contribution in [1.82, 2.24) is 14.5 Å². The van der Waals surface area contributed by atoms with E-state index < -0.39 is 30.0 Å². The molecule has 0 saturated carbocycles. The molecule has 8 nitrogen and oxygen atoms in total. The highest BCUT2D eigenvalue weighted by molar-refractivity contribution is 5.48. The summed E-state index contributed by atoms with van der Waals surface area (Å²) < 4.78 is 67.3. The molecule has 2 aliphatic heterocycles. The van der Waals surface area contributed by atoms with Crippen LogP contribution in [0, 0.1) is 5.82 Å². The Bertz CT molecular complexity index is 930. The zero-order chi connectivity index (χ0) is 20.8. The van der Waals surface area contributed by atoms with Gasteiger partial charge in [-0.3, -0.25) is 9.36 Å². The molecule has 29 heavy (non-hydrogen) atoms. The molecule has 0 radical (unpaired) electrons. The van der Waals surface area contributed by atoms with Gasteiger partial charge in [-0.25, -0.2) is 4.98 Å². The first-order valence-corrected chi connectivity index (χ1v) is 9.14. The number of aromatic nitrogens is 3. The van der Waals surface area contributed by atoms with Crippen molar-refractivity contribution in [2.24, 2.45) is 0 Å². The zero-order valence-electron chi connectivity index (χ0n) is 15.5. The fourth-order valence-corrected chi connectivity index (χ4v) is 3.71. The van der Waals surface area contributed by atoms with Crippen molar-refractivity contribution < 1.29 is 26.7 Å². The number of oxazole rings is 1. The average Bonchev–Trinajstić information content (AvgIpc) is 3.18. The Kier molecular flexibility index (Phi) is 4.97. The van der Waals surface area contributed by atoms with Crippen LogP contribution in [0.25, 0.3) is 0 Å². The van der Waals surface area contributed by atoms with Gasteiger partial charge in [-0.2, -0.15) is 22.5 Å². The standard InChI is InChI=1S/C17H19F4N5O3/c1-10-9-28-7-5-24(10)14-13(18)15(27)25-4-2-11(17(19,20)21)26(16(25)23-14)8-12-22-3-6-29-12/h3,6,10-11H,2,4-5,7-9H2,1H3. The van der Waals surface area contributed by atoms with Crippen LogP contribution in [-0.4, -0.2) is 52.6 Å². The van der Waals surface area contributed by atoms with Crippen molar-refractivity contribution in [3.63, 3.8) is 0 Å². The van der Waals surface area contributed by atoms with E-state index in [1.54, 1.807) is 11.8 Å². The van der Waals surface area contributed by atoms with Gasteiger partial charge in [0.15, 0.2) is 5.82 Å². The molecule has 0 amide bonds. The largest absolute Gasteiger partial charge is 0.447 e. The topological polar surface area (TPSA) is 76.6 Å². The lowest BCUT2D eigenvalue weighted by molar-refractivity contribution is -0.153. The number of alkyl halides is 3. The highest BCUT2D eigenvalue weighted by atomic mass is 19.4. The summed E-state index contributed by atoms with van der Waals surface area (Å²) in [5, 5.41) is 0. The van der Waals surface area contributed by atoms with E-state index in [-0.39, 0.29) is 43.3 Å². The first-order chi connectivity index (χ1) is 13.8. The maximum Gasteiger partial charge on any atom is 0.408 e. The lowest BCUT2D eigenvalue weighted by Gasteiger charge is -2.40. The monoisotopic (exact) mass is 417 g/mol. The number of hydrogen-bond acceptors (Lipinski definition) is 7. The van der Waals surface area contributed by atoms with Crippen LogP contribution in [0.4, 0.5) is 29.3 Å². The Labute approximate surface area is 162 Å². The van der Waals surface area contributed by atoms with E-state index in [2.05, 4.69) is 9.97 Å². The Balaban J connectivity index is 1.83. The summed E-state index contributed by atoms with van der Waals surface area (Å²) in [4.78, 5) is 23.1. The maximum atomic E-state index is 14.8. The molecule has 0 bridgehead atoms. The molecule has 0 aliphatic carbocycles. The molecule has 2 atom stereocenters. The second kappa shape index (κ2) is 7.32. The lowest BCUT2D eigenvalue weighted by Crippen LogP contribution is -2.53. The van der Waals surface area contributed by atoms with Crippen molar-refractivity contribution in [3.8, 4) is 0 Å². The van der Waals surface area contributed by atoms with Crippen LogP contribution < -0.4 is 15.4 Å². The van der Waals surface area contributed by atoms with Crippen molar-refractivity contribution in [3.05, 3.63) is 34.5 Å². The van der Waals surface area contributed by atoms with Crippen LogP contribution in [0.3, 0.4) is 0 Å². The first kappa shape index (κ1) is 19.7. The van der Waals surface area contributed by atoms with Gasteiger partial charge in [-0.1, -0.05) is 0 Å². The second-order valence-corrected chi connectivity index (χ2v) is 7.02. The smallest absolute Gasteiger partial charge is 0.408 e. The van der Waals surface area contributed by atoms with Gasteiger partial charge in [0.1, 0.15) is 12.3 Å². The predicted molar refractivity (Wildman–Crippen MR) is 93.2 cm³/mol. The van der Waals surface area contributed by atoms with Gasteiger partial charge in [0.05, 0.1) is 32.0 Å². The van der Waals surface area contributed by atoms with E-state index in [0.29, 0.717) is 13.2 Å². The summed E-state index contributed by atoms with van der Waals surface area (Å²) >= 11 is 0. The molecule has 2 aromatic rings. The molecule has 1 fully saturated rings. The van der Waals surface area contributed by atoms with Gasteiger partial charge in [0, 0.05) is 13.1 Å². The van der Waals surface area contributed by atoms with Gasteiger partial charge in [0.25, 0.3) is 5.56 Å². The van der Waals surface area contributed by atoms with E-state index in [9.17, 15) is 22.4 Å². The van der Waals surface area contributed by atoms with Crippen LogP contribution in [0.5, 0.6) is 0 Å². The third-order valence-corrected chi connectivity index (χ3v) is 5.14. The van der Waals surface area contributed by atoms with Gasteiger partial charge in [-0.05, 0) is 13.3 Å². The third-order valence-electron chi connectivity index (χ3n) is 5.14. The Morgan fingerprint density at radius 2 is 2.10 bits per heavy atom. The molecule has 0 aromatic carbocycles. The van der Waals surface area contributed by atoms with E-state index in [1.807, 2.05) is 0 Å². The fourth-order valence-electron chi connectivity index (χ4n) is 3.71. The number of ether oxygens (including phenoxy) is 1. The highest BCUT2D eigenvalue weighted by Gasteiger charge is 2.47. The molecule has 0 N–H and O–H groups in total. The molecule has 158 valence electrons. The summed E-state index contributed by atoms with van der Waals surface area (Å²) in [6.45, 7) is 1.99. The van der Waals surface area contributed by atoms with Gasteiger partial charge >= 0.3 is 6.18 Å². The van der Waals surface area contributed by atoms with E-state index in [4.69, 9.17) is 9.15 Å². The van der Waals surface area contributed by atoms with Gasteiger partial charge in [0.2, 0.25) is 17.7 Å². The van der Waals surface area contributed by atoms with Crippen molar-refractivity contribution >= 4 is 11.8 Å². The molecule has 4 rings (SSSR count). The highest BCUT2D eigenvalue weighted by Crippen LogP contribution is 2.35. The minimum Gasteiger partial charge on any atom is -0.447 e. The fraction of sp³-hybridized carbons (Fsp3) is 0.588. The van der Waals surface area contributed by atoms with Crippen LogP contribution in [0.15, 0.2) is 21.7 Å². The minimum absolute atomic E-state index is 0.0348. The molecule has 1 saturated heterocycles. The van der Waals surface area contributed by atoms with Gasteiger partial charge < -0.3 is 19.0 Å². The molecule has 2 unspecified atom stereocenters. The summed E-state index contributed by atoms with van der Waals surface area (Å²) in [5.41, 5.74) is -0.998. The lowest BCUT2D eigenvalue weighted by atomic mass is 10.1. The zero-order valence-corrected chi connectivity index (χ0v) is 15.5. The van der Waals surface area contributed by atoms with E-state index in [0.717, 1.165) is 9.47 Å². The predicted octanol–water partition coefficient (Wildman–Crippen LogP) is 1.94. The summed E-state index contributed by atoms with van der Waals surface area (Å²) in [6, 6.07) is -2.18. The molecular formula is C17H19F4N5O3. The third kappa shape index (κ3) is 3.56. The number of nitrogens with zero attached hydrogens (tertiary/aromatic N) is 5. The van der Waals surface area contributed by atoms with Crippen LogP contribution in [0.2, 0.25) is 0 Å². The number of fused-ring (bicyclic) bond motifs is 1. The number of rotatable bonds is 3. The molecule has 4 heterocycles. The average molecular weight is 417 g/mol. The SMILES string of the molecule is CC1COCCN1c1nc2n(c(=O)c1F)CCC(C(F)(F)F)N2Cc1ncco1. The number of morpholine rings is 1. The van der Waals surface area contributed by atoms with Gasteiger partial charge in [-0.15, -0.1) is 0 Å². The van der Waals surface area contributed by atoms with Crippen LogP contribution >= 0.6 is 0 Å². The van der Waals surface area contributed by atoms with Crippen molar-refractivity contribution in [2.45, 2.75) is 44.7 Å². The molecule has 2 aliphatic rings. The van der Waals surface area contributed by atoms with E-state index in [1.165, 1.54) is 12.5 Å². The normalized spacial score (nSPS) is 22.7. The maximum absolute atomic E-state index is 14.8. The molecule has 0 spiro atoms. The Hall–Kier alpha value is -2.63. The Morgan fingerprint density at radius 3 is 2.76 bits per heavy atom. The number of hydrogen-bond donors (Lipinski definition) is 0. The second-order valence-electron chi connectivity index (χ2n) is 7.02. The molecule has 12 heteroatoms. The quantitative estimate of drug-likeness (QED) is 0.707. The summed E-state index contributed by atoms with van der Waals surface area (Å²) in [7, 11) is 0. The number of halogens is 4. The number of anilines is 2. The van der Waals surface area contributed by atoms with E-state index >= 15 is 0 Å². The van der Waals surface area contributed by atoms with Crippen LogP contribution in [-0.2, 0) is 17.8 Å². The summed E-state index contributed by atoms with van der Waals surface area (Å²) in [5.74, 6) is -1.56.